The number of aromatic nitrogens is 3. The first-order chi connectivity index (χ1) is 12.1. The van der Waals surface area contributed by atoms with Crippen LogP contribution < -0.4 is 10.1 Å². The molecule has 3 aromatic rings. The van der Waals surface area contributed by atoms with Crippen molar-refractivity contribution >= 4 is 11.4 Å². The second-order valence-electron chi connectivity index (χ2n) is 5.84. The fourth-order valence-corrected chi connectivity index (χ4v) is 2.71. The number of hydrogen-bond acceptors (Lipinski definition) is 5. The Bertz CT molecular complexity index is 893. The topological polar surface area (TPSA) is 59.9 Å². The molecule has 0 aliphatic heterocycles. The van der Waals surface area contributed by atoms with Crippen LogP contribution in [0.4, 0.5) is 11.4 Å². The SMILES string of the molecule is CCc1cc(Nc2cccc(-c3ccnc(C)n3)c2)c(C)nc1OC. The van der Waals surface area contributed by atoms with Crippen molar-refractivity contribution in [2.24, 2.45) is 0 Å². The van der Waals surface area contributed by atoms with Crippen molar-refractivity contribution < 1.29 is 4.74 Å². The predicted octanol–water partition coefficient (Wildman–Crippen LogP) is 4.47. The van der Waals surface area contributed by atoms with Gasteiger partial charge in [-0.25, -0.2) is 15.0 Å². The van der Waals surface area contributed by atoms with Gasteiger partial charge in [-0.15, -0.1) is 0 Å². The molecule has 128 valence electrons. The van der Waals surface area contributed by atoms with Crippen molar-refractivity contribution in [3.8, 4) is 17.1 Å². The van der Waals surface area contributed by atoms with E-state index in [-0.39, 0.29) is 0 Å². The molecule has 0 aliphatic rings. The fourth-order valence-electron chi connectivity index (χ4n) is 2.71. The number of aryl methyl sites for hydroxylation is 3. The second-order valence-corrected chi connectivity index (χ2v) is 5.84. The van der Waals surface area contributed by atoms with Crippen LogP contribution in [0.1, 0.15) is 24.0 Å². The molecule has 0 saturated carbocycles. The first kappa shape index (κ1) is 16.9. The molecule has 2 aromatic heterocycles. The number of ether oxygens (including phenoxy) is 1. The first-order valence-corrected chi connectivity index (χ1v) is 8.32. The molecule has 0 aliphatic carbocycles. The summed E-state index contributed by atoms with van der Waals surface area (Å²) in [6.45, 7) is 5.96. The van der Waals surface area contributed by atoms with Crippen molar-refractivity contribution in [2.45, 2.75) is 27.2 Å². The Hall–Kier alpha value is -2.95. The van der Waals surface area contributed by atoms with Crippen molar-refractivity contribution in [3.05, 3.63) is 59.7 Å². The van der Waals surface area contributed by atoms with Crippen molar-refractivity contribution in [3.63, 3.8) is 0 Å². The zero-order valence-electron chi connectivity index (χ0n) is 15.0. The largest absolute Gasteiger partial charge is 0.481 e. The molecule has 5 nitrogen and oxygen atoms in total. The smallest absolute Gasteiger partial charge is 0.216 e. The van der Waals surface area contributed by atoms with Crippen LogP contribution in [0.3, 0.4) is 0 Å². The van der Waals surface area contributed by atoms with Crippen LogP contribution in [0.25, 0.3) is 11.3 Å². The monoisotopic (exact) mass is 334 g/mol. The van der Waals surface area contributed by atoms with Crippen LogP contribution in [-0.2, 0) is 6.42 Å². The summed E-state index contributed by atoms with van der Waals surface area (Å²) in [5.41, 5.74) is 5.91. The molecule has 1 N–H and O–H groups in total. The number of anilines is 2. The zero-order valence-corrected chi connectivity index (χ0v) is 15.0. The maximum atomic E-state index is 5.36. The second kappa shape index (κ2) is 7.30. The normalized spacial score (nSPS) is 10.6. The van der Waals surface area contributed by atoms with Crippen LogP contribution in [0, 0.1) is 13.8 Å². The third kappa shape index (κ3) is 3.76. The molecule has 25 heavy (non-hydrogen) atoms. The third-order valence-corrected chi connectivity index (χ3v) is 4.04. The number of nitrogens with one attached hydrogen (secondary N) is 1. The number of pyridine rings is 1. The summed E-state index contributed by atoms with van der Waals surface area (Å²) in [5.74, 6) is 1.45. The molecule has 0 atom stereocenters. The van der Waals surface area contributed by atoms with E-state index >= 15 is 0 Å². The quantitative estimate of drug-likeness (QED) is 0.746. The van der Waals surface area contributed by atoms with Crippen molar-refractivity contribution in [1.82, 2.24) is 15.0 Å². The lowest BCUT2D eigenvalue weighted by Crippen LogP contribution is -2.01. The Labute approximate surface area is 148 Å². The number of nitrogens with zero attached hydrogens (tertiary/aromatic N) is 3. The molecular formula is C20H22N4O. The highest BCUT2D eigenvalue weighted by molar-refractivity contribution is 5.70. The lowest BCUT2D eigenvalue weighted by molar-refractivity contribution is 0.392. The van der Waals surface area contributed by atoms with E-state index in [1.165, 1.54) is 0 Å². The summed E-state index contributed by atoms with van der Waals surface area (Å²) in [6.07, 6.45) is 2.65. The van der Waals surface area contributed by atoms with Gasteiger partial charge in [0.2, 0.25) is 5.88 Å². The van der Waals surface area contributed by atoms with Crippen LogP contribution in [0.2, 0.25) is 0 Å². The van der Waals surface area contributed by atoms with Gasteiger partial charge in [-0.05, 0) is 44.5 Å². The molecular weight excluding hydrogens is 312 g/mol. The van der Waals surface area contributed by atoms with Crippen molar-refractivity contribution in [1.29, 1.82) is 0 Å². The predicted molar refractivity (Wildman–Crippen MR) is 100 cm³/mol. The van der Waals surface area contributed by atoms with E-state index in [1.54, 1.807) is 13.3 Å². The minimum Gasteiger partial charge on any atom is -0.481 e. The van der Waals surface area contributed by atoms with Crippen molar-refractivity contribution in [2.75, 3.05) is 12.4 Å². The van der Waals surface area contributed by atoms with Crippen LogP contribution in [0.5, 0.6) is 5.88 Å². The summed E-state index contributed by atoms with van der Waals surface area (Å²) in [4.78, 5) is 13.2. The Balaban J connectivity index is 1.93. The van der Waals surface area contributed by atoms with Gasteiger partial charge in [0.15, 0.2) is 0 Å². The number of methoxy groups -OCH3 is 1. The summed E-state index contributed by atoms with van der Waals surface area (Å²) >= 11 is 0. The maximum absolute atomic E-state index is 5.36. The maximum Gasteiger partial charge on any atom is 0.216 e. The van der Waals surface area contributed by atoms with Gasteiger partial charge in [0, 0.05) is 23.0 Å². The number of benzene rings is 1. The summed E-state index contributed by atoms with van der Waals surface area (Å²) in [5, 5.41) is 3.46. The molecule has 0 saturated heterocycles. The molecule has 0 bridgehead atoms. The number of rotatable bonds is 5. The van der Waals surface area contributed by atoms with E-state index < -0.39 is 0 Å². The zero-order chi connectivity index (χ0) is 17.8. The molecule has 1 aromatic carbocycles. The molecule has 0 radical (unpaired) electrons. The minimum atomic E-state index is 0.691. The van der Waals surface area contributed by atoms with Gasteiger partial charge in [-0.1, -0.05) is 19.1 Å². The standard InChI is InChI=1S/C20H22N4O/c1-5-15-12-19(13(2)22-20(15)25-4)24-17-8-6-7-16(11-17)18-9-10-21-14(3)23-18/h6-12,24H,5H2,1-4H3. The van der Waals surface area contributed by atoms with Gasteiger partial charge in [-0.3, -0.25) is 0 Å². The highest BCUT2D eigenvalue weighted by atomic mass is 16.5. The van der Waals surface area contributed by atoms with E-state index in [0.717, 1.165) is 46.1 Å². The Morgan fingerprint density at radius 3 is 2.64 bits per heavy atom. The molecule has 3 rings (SSSR count). The molecule has 0 fully saturated rings. The average molecular weight is 334 g/mol. The van der Waals surface area contributed by atoms with Gasteiger partial charge in [0.25, 0.3) is 0 Å². The van der Waals surface area contributed by atoms with Gasteiger partial charge in [0.05, 0.1) is 24.2 Å². The summed E-state index contributed by atoms with van der Waals surface area (Å²) in [7, 11) is 1.65. The van der Waals surface area contributed by atoms with Gasteiger partial charge in [0.1, 0.15) is 5.82 Å². The lowest BCUT2D eigenvalue weighted by Gasteiger charge is -2.14. The first-order valence-electron chi connectivity index (χ1n) is 8.32. The van der Waals surface area contributed by atoms with E-state index in [9.17, 15) is 0 Å². The van der Waals surface area contributed by atoms with E-state index in [2.05, 4.69) is 39.3 Å². The lowest BCUT2D eigenvalue weighted by atomic mass is 10.1. The van der Waals surface area contributed by atoms with Crippen LogP contribution in [0.15, 0.2) is 42.6 Å². The fraction of sp³-hybridized carbons (Fsp3) is 0.250. The summed E-state index contributed by atoms with van der Waals surface area (Å²) in [6, 6.07) is 12.2. The summed E-state index contributed by atoms with van der Waals surface area (Å²) < 4.78 is 5.36. The Morgan fingerprint density at radius 2 is 1.92 bits per heavy atom. The Morgan fingerprint density at radius 1 is 1.08 bits per heavy atom. The third-order valence-electron chi connectivity index (χ3n) is 4.04. The molecule has 0 unspecified atom stereocenters. The van der Waals surface area contributed by atoms with Crippen LogP contribution >= 0.6 is 0 Å². The van der Waals surface area contributed by atoms with E-state index in [0.29, 0.717) is 5.88 Å². The van der Waals surface area contributed by atoms with Crippen LogP contribution in [-0.4, -0.2) is 22.1 Å². The molecule has 5 heteroatoms. The number of hydrogen-bond donors (Lipinski definition) is 1. The highest BCUT2D eigenvalue weighted by Gasteiger charge is 2.09. The molecule has 0 spiro atoms. The molecule has 2 heterocycles. The van der Waals surface area contributed by atoms with Gasteiger partial charge < -0.3 is 10.1 Å². The van der Waals surface area contributed by atoms with Gasteiger partial charge in [-0.2, -0.15) is 0 Å². The average Bonchev–Trinajstić information content (AvgIpc) is 2.63. The van der Waals surface area contributed by atoms with Gasteiger partial charge >= 0.3 is 0 Å². The molecule has 0 amide bonds. The highest BCUT2D eigenvalue weighted by Crippen LogP contribution is 2.28. The van der Waals surface area contributed by atoms with E-state index in [1.807, 2.05) is 38.1 Å². The van der Waals surface area contributed by atoms with E-state index in [4.69, 9.17) is 4.74 Å². The minimum absolute atomic E-state index is 0.691. The Kier molecular flexibility index (Phi) is 4.93.